The van der Waals surface area contributed by atoms with Crippen molar-refractivity contribution >= 4 is 35.5 Å². The maximum Gasteiger partial charge on any atom is 0.326 e. The lowest BCUT2D eigenvalue weighted by Gasteiger charge is -2.28. The van der Waals surface area contributed by atoms with Crippen LogP contribution in [0.4, 0.5) is 0 Å². The molecule has 13 heteroatoms. The lowest BCUT2D eigenvalue weighted by molar-refractivity contribution is -0.143. The summed E-state index contributed by atoms with van der Waals surface area (Å²) in [5, 5.41) is 23.8. The predicted octanol–water partition coefficient (Wildman–Crippen LogP) is -1.93. The van der Waals surface area contributed by atoms with E-state index in [-0.39, 0.29) is 12.8 Å². The first kappa shape index (κ1) is 25.6. The Morgan fingerprint density at radius 2 is 2.09 bits per heavy atom. The number of amides is 3. The van der Waals surface area contributed by atoms with E-state index in [9.17, 15) is 24.3 Å². The van der Waals surface area contributed by atoms with Gasteiger partial charge in [0.05, 0.1) is 12.9 Å². The van der Waals surface area contributed by atoms with Gasteiger partial charge in [0.15, 0.2) is 0 Å². The Morgan fingerprint density at radius 1 is 1.34 bits per heavy atom. The van der Waals surface area contributed by atoms with Gasteiger partial charge in [-0.3, -0.25) is 14.4 Å². The standard InChI is InChI=1S/C19H30N6O6S/c1-32-6-4-13(16(27)24-14(19(30)31)7-11-8-21-10-22-11)23-17(28)15-3-2-5-25(15)18(29)12(20)9-26/h8,10,12-15,26H,2-7,9,20H2,1H3,(H,21,22)(H,23,28)(H,24,27)(H,30,31). The number of nitrogens with zero attached hydrogens (tertiary/aromatic N) is 2. The highest BCUT2D eigenvalue weighted by atomic mass is 32.2. The average Bonchev–Trinajstić information content (AvgIpc) is 3.46. The Bertz CT molecular complexity index is 791. The third-order valence-electron chi connectivity index (χ3n) is 5.19. The fourth-order valence-corrected chi connectivity index (χ4v) is 3.93. The van der Waals surface area contributed by atoms with Crippen molar-refractivity contribution in [1.82, 2.24) is 25.5 Å². The number of imidazole rings is 1. The van der Waals surface area contributed by atoms with Gasteiger partial charge in [0.1, 0.15) is 24.2 Å². The Hall–Kier alpha value is -2.64. The van der Waals surface area contributed by atoms with Crippen molar-refractivity contribution in [3.05, 3.63) is 18.2 Å². The van der Waals surface area contributed by atoms with Crippen LogP contribution in [0.2, 0.25) is 0 Å². The predicted molar refractivity (Wildman–Crippen MR) is 117 cm³/mol. The zero-order valence-corrected chi connectivity index (χ0v) is 18.6. The second-order valence-electron chi connectivity index (χ2n) is 7.50. The van der Waals surface area contributed by atoms with Crippen LogP contribution in [-0.2, 0) is 25.6 Å². The molecule has 0 spiro atoms. The van der Waals surface area contributed by atoms with Gasteiger partial charge in [0, 0.05) is 24.9 Å². The van der Waals surface area contributed by atoms with Gasteiger partial charge < -0.3 is 36.5 Å². The van der Waals surface area contributed by atoms with Crippen molar-refractivity contribution in [2.45, 2.75) is 49.9 Å². The molecule has 1 aliphatic heterocycles. The number of H-pyrrole nitrogens is 1. The van der Waals surface area contributed by atoms with E-state index in [1.54, 1.807) is 0 Å². The molecule has 1 saturated heterocycles. The van der Waals surface area contributed by atoms with Gasteiger partial charge >= 0.3 is 5.97 Å². The van der Waals surface area contributed by atoms with Gasteiger partial charge in [-0.15, -0.1) is 0 Å². The number of aromatic amines is 1. The molecule has 0 aromatic carbocycles. The molecule has 0 aliphatic carbocycles. The van der Waals surface area contributed by atoms with Gasteiger partial charge in [-0.1, -0.05) is 0 Å². The molecule has 0 saturated carbocycles. The summed E-state index contributed by atoms with van der Waals surface area (Å²) in [5.41, 5.74) is 6.15. The molecule has 4 atom stereocenters. The molecular weight excluding hydrogens is 440 g/mol. The maximum atomic E-state index is 12.9. The summed E-state index contributed by atoms with van der Waals surface area (Å²) in [6.45, 7) is -0.201. The van der Waals surface area contributed by atoms with Gasteiger partial charge in [-0.05, 0) is 31.3 Å². The van der Waals surface area contributed by atoms with Crippen molar-refractivity contribution in [3.63, 3.8) is 0 Å². The number of thioether (sulfide) groups is 1. The summed E-state index contributed by atoms with van der Waals surface area (Å²) in [7, 11) is 0. The SMILES string of the molecule is CSCCC(NC(=O)C1CCCN1C(=O)C(N)CO)C(=O)NC(Cc1cnc[nH]1)C(=O)O. The average molecular weight is 471 g/mol. The monoisotopic (exact) mass is 470 g/mol. The van der Waals surface area contributed by atoms with E-state index in [2.05, 4.69) is 20.6 Å². The third-order valence-corrected chi connectivity index (χ3v) is 5.83. The summed E-state index contributed by atoms with van der Waals surface area (Å²) >= 11 is 1.48. The van der Waals surface area contributed by atoms with Crippen molar-refractivity contribution < 1.29 is 29.4 Å². The number of carboxylic acids is 1. The van der Waals surface area contributed by atoms with Gasteiger partial charge in [0.2, 0.25) is 17.7 Å². The Morgan fingerprint density at radius 3 is 2.69 bits per heavy atom. The lowest BCUT2D eigenvalue weighted by Crippen LogP contribution is -2.57. The van der Waals surface area contributed by atoms with Crippen molar-refractivity contribution in [3.8, 4) is 0 Å². The first-order valence-electron chi connectivity index (χ1n) is 10.2. The van der Waals surface area contributed by atoms with Gasteiger partial charge in [-0.2, -0.15) is 11.8 Å². The zero-order chi connectivity index (χ0) is 23.7. The highest BCUT2D eigenvalue weighted by molar-refractivity contribution is 7.98. The van der Waals surface area contributed by atoms with E-state index in [0.717, 1.165) is 0 Å². The molecule has 1 aliphatic rings. The first-order chi connectivity index (χ1) is 15.3. The van der Waals surface area contributed by atoms with Gasteiger partial charge in [0.25, 0.3) is 0 Å². The summed E-state index contributed by atoms with van der Waals surface area (Å²) in [5.74, 6) is -2.32. The number of hydrogen-bond acceptors (Lipinski definition) is 8. The molecule has 7 N–H and O–H groups in total. The number of nitrogens with two attached hydrogens (primary N) is 1. The highest BCUT2D eigenvalue weighted by Crippen LogP contribution is 2.19. The number of carbonyl (C=O) groups is 4. The minimum Gasteiger partial charge on any atom is -0.480 e. The van der Waals surface area contributed by atoms with Crippen LogP contribution in [0.3, 0.4) is 0 Å². The normalized spacial score (nSPS) is 18.6. The Balaban J connectivity index is 2.07. The number of aromatic nitrogens is 2. The number of nitrogens with one attached hydrogen (secondary N) is 3. The van der Waals surface area contributed by atoms with Gasteiger partial charge in [-0.25, -0.2) is 9.78 Å². The van der Waals surface area contributed by atoms with Crippen molar-refractivity contribution in [1.29, 1.82) is 0 Å². The molecule has 1 aromatic rings. The van der Waals surface area contributed by atoms with E-state index in [4.69, 9.17) is 10.8 Å². The van der Waals surface area contributed by atoms with Crippen molar-refractivity contribution in [2.75, 3.05) is 25.2 Å². The fraction of sp³-hybridized carbons (Fsp3) is 0.632. The molecular formula is C19H30N6O6S. The molecule has 4 unspecified atom stereocenters. The number of rotatable bonds is 12. The summed E-state index contributed by atoms with van der Waals surface area (Å²) < 4.78 is 0. The lowest BCUT2D eigenvalue weighted by atomic mass is 10.1. The smallest absolute Gasteiger partial charge is 0.326 e. The van der Waals surface area contributed by atoms with E-state index in [1.165, 1.54) is 29.2 Å². The summed E-state index contributed by atoms with van der Waals surface area (Å²) in [6.07, 6.45) is 6.02. The third kappa shape index (κ3) is 6.93. The molecule has 1 fully saturated rings. The van der Waals surface area contributed by atoms with E-state index in [1.807, 2.05) is 6.26 Å². The summed E-state index contributed by atoms with van der Waals surface area (Å²) in [4.78, 5) is 57.7. The molecule has 2 rings (SSSR count). The summed E-state index contributed by atoms with van der Waals surface area (Å²) in [6, 6.07) is -4.09. The highest BCUT2D eigenvalue weighted by Gasteiger charge is 2.37. The number of aliphatic hydroxyl groups excluding tert-OH is 1. The van der Waals surface area contributed by atoms with Crippen LogP contribution in [0.15, 0.2) is 12.5 Å². The Labute approximate surface area is 189 Å². The van der Waals surface area contributed by atoms with E-state index >= 15 is 0 Å². The van der Waals surface area contributed by atoms with E-state index in [0.29, 0.717) is 30.8 Å². The topological polar surface area (TPSA) is 191 Å². The van der Waals surface area contributed by atoms with Crippen LogP contribution in [-0.4, -0.2) is 98.1 Å². The second-order valence-corrected chi connectivity index (χ2v) is 8.49. The molecule has 2 heterocycles. The largest absolute Gasteiger partial charge is 0.480 e. The number of carbonyl (C=O) groups excluding carboxylic acids is 3. The zero-order valence-electron chi connectivity index (χ0n) is 17.8. The van der Waals surface area contributed by atoms with Crippen molar-refractivity contribution in [2.24, 2.45) is 5.73 Å². The van der Waals surface area contributed by atoms with Crippen LogP contribution in [0.5, 0.6) is 0 Å². The number of hydrogen-bond donors (Lipinski definition) is 6. The molecule has 178 valence electrons. The Kier molecular flexibility index (Phi) is 9.94. The number of aliphatic hydroxyl groups is 1. The molecule has 3 amide bonds. The molecule has 12 nitrogen and oxygen atoms in total. The number of aliphatic carboxylic acids is 1. The molecule has 0 bridgehead atoms. The van der Waals surface area contributed by atoms with Crippen LogP contribution in [0.1, 0.15) is 25.0 Å². The van der Waals surface area contributed by atoms with Crippen LogP contribution in [0, 0.1) is 0 Å². The molecule has 0 radical (unpaired) electrons. The molecule has 32 heavy (non-hydrogen) atoms. The van der Waals surface area contributed by atoms with Crippen LogP contribution in [0.25, 0.3) is 0 Å². The first-order valence-corrected chi connectivity index (χ1v) is 11.6. The maximum absolute atomic E-state index is 12.9. The minimum absolute atomic E-state index is 0.00816. The van der Waals surface area contributed by atoms with Crippen LogP contribution < -0.4 is 16.4 Å². The van der Waals surface area contributed by atoms with Crippen LogP contribution >= 0.6 is 11.8 Å². The molecule has 1 aromatic heterocycles. The number of carboxylic acid groups (broad SMARTS) is 1. The second kappa shape index (κ2) is 12.4. The quantitative estimate of drug-likeness (QED) is 0.202. The fourth-order valence-electron chi connectivity index (χ4n) is 3.46. The minimum atomic E-state index is -1.21. The number of likely N-dealkylation sites (tertiary alicyclic amines) is 1. The van der Waals surface area contributed by atoms with E-state index < -0.39 is 54.5 Å².